The number of thiophene rings is 1. The highest BCUT2D eigenvalue weighted by Crippen LogP contribution is 2.32. The number of aromatic nitrogens is 1. The topological polar surface area (TPSA) is 68.0 Å². The van der Waals surface area contributed by atoms with Gasteiger partial charge in [-0.1, -0.05) is 0 Å². The predicted octanol–water partition coefficient (Wildman–Crippen LogP) is 3.85. The van der Waals surface area contributed by atoms with Crippen molar-refractivity contribution in [1.29, 1.82) is 0 Å². The quantitative estimate of drug-likeness (QED) is 0.720. The number of hydrogen-bond donors (Lipinski definition) is 2. The lowest BCUT2D eigenvalue weighted by Crippen LogP contribution is -2.11. The number of carbonyl (C=O) groups is 1. The lowest BCUT2D eigenvalue weighted by atomic mass is 10.3. The van der Waals surface area contributed by atoms with Gasteiger partial charge in [0.1, 0.15) is 10.4 Å². The van der Waals surface area contributed by atoms with Crippen LogP contribution >= 0.6 is 23.1 Å². The van der Waals surface area contributed by atoms with Crippen LogP contribution in [0.25, 0.3) is 10.2 Å². The number of pyridine rings is 1. The summed E-state index contributed by atoms with van der Waals surface area (Å²) in [6, 6.07) is 11.4. The highest BCUT2D eigenvalue weighted by atomic mass is 32.2. The summed E-state index contributed by atoms with van der Waals surface area (Å²) < 4.78 is 0.915. The van der Waals surface area contributed by atoms with Crippen molar-refractivity contribution < 1.29 is 4.79 Å². The van der Waals surface area contributed by atoms with Crippen LogP contribution in [0.4, 0.5) is 11.4 Å². The molecule has 2 aromatic heterocycles. The molecular formula is C15H13N3OS2. The van der Waals surface area contributed by atoms with E-state index in [9.17, 15) is 4.79 Å². The maximum absolute atomic E-state index is 12.3. The maximum Gasteiger partial charge on any atom is 0.267 e. The number of amides is 1. The Kier molecular flexibility index (Phi) is 3.81. The fourth-order valence-electron chi connectivity index (χ4n) is 1.98. The molecule has 0 fully saturated rings. The van der Waals surface area contributed by atoms with Gasteiger partial charge in [0.2, 0.25) is 0 Å². The van der Waals surface area contributed by atoms with Gasteiger partial charge in [0.05, 0.1) is 10.4 Å². The Hall–Kier alpha value is -2.05. The lowest BCUT2D eigenvalue weighted by Gasteiger charge is -2.05. The molecule has 0 saturated heterocycles. The third-order valence-corrected chi connectivity index (χ3v) is 4.94. The monoisotopic (exact) mass is 315 g/mol. The Bertz CT molecular complexity index is 796. The summed E-state index contributed by atoms with van der Waals surface area (Å²) in [6.07, 6.45) is 3.69. The van der Waals surface area contributed by atoms with E-state index in [-0.39, 0.29) is 5.91 Å². The maximum atomic E-state index is 12.3. The number of nitrogens with zero attached hydrogens (tertiary/aromatic N) is 1. The minimum Gasteiger partial charge on any atom is -0.396 e. The van der Waals surface area contributed by atoms with Gasteiger partial charge in [-0.15, -0.1) is 23.1 Å². The lowest BCUT2D eigenvalue weighted by molar-refractivity contribution is 0.103. The van der Waals surface area contributed by atoms with Gasteiger partial charge in [0.25, 0.3) is 5.91 Å². The zero-order chi connectivity index (χ0) is 14.8. The number of carbonyl (C=O) groups excluding carboxylic acids is 1. The van der Waals surface area contributed by atoms with Crippen LogP contribution < -0.4 is 11.1 Å². The van der Waals surface area contributed by atoms with Gasteiger partial charge in [-0.05, 0) is 42.7 Å². The van der Waals surface area contributed by atoms with Gasteiger partial charge in [0.15, 0.2) is 0 Å². The molecule has 0 atom stereocenters. The molecular weight excluding hydrogens is 302 g/mol. The molecule has 3 rings (SSSR count). The molecule has 1 aromatic carbocycles. The van der Waals surface area contributed by atoms with Gasteiger partial charge in [-0.2, -0.15) is 0 Å². The summed E-state index contributed by atoms with van der Waals surface area (Å²) in [4.78, 5) is 18.2. The summed E-state index contributed by atoms with van der Waals surface area (Å²) in [5.41, 5.74) is 7.90. The van der Waals surface area contributed by atoms with E-state index in [2.05, 4.69) is 10.3 Å². The van der Waals surface area contributed by atoms with E-state index in [0.717, 1.165) is 15.3 Å². The largest absolute Gasteiger partial charge is 0.396 e. The number of benzene rings is 1. The van der Waals surface area contributed by atoms with Crippen LogP contribution in [0.2, 0.25) is 0 Å². The molecule has 106 valence electrons. The summed E-state index contributed by atoms with van der Waals surface area (Å²) in [5.74, 6) is -0.201. The molecule has 4 nitrogen and oxygen atoms in total. The molecule has 0 spiro atoms. The fourth-order valence-corrected chi connectivity index (χ4v) is 3.36. The van der Waals surface area contributed by atoms with E-state index in [4.69, 9.17) is 5.73 Å². The van der Waals surface area contributed by atoms with E-state index in [1.54, 1.807) is 18.0 Å². The minimum absolute atomic E-state index is 0.201. The van der Waals surface area contributed by atoms with Crippen molar-refractivity contribution in [2.45, 2.75) is 4.90 Å². The van der Waals surface area contributed by atoms with Gasteiger partial charge in [0, 0.05) is 16.8 Å². The Balaban J connectivity index is 1.87. The first-order valence-corrected chi connectivity index (χ1v) is 8.31. The number of nitrogen functional groups attached to an aromatic ring is 1. The molecule has 3 aromatic rings. The zero-order valence-corrected chi connectivity index (χ0v) is 12.9. The third-order valence-electron chi connectivity index (χ3n) is 3.04. The van der Waals surface area contributed by atoms with Crippen LogP contribution in [0.15, 0.2) is 47.5 Å². The van der Waals surface area contributed by atoms with Gasteiger partial charge >= 0.3 is 0 Å². The number of fused-ring (bicyclic) bond motifs is 1. The molecule has 6 heteroatoms. The average molecular weight is 315 g/mol. The van der Waals surface area contributed by atoms with Crippen molar-refractivity contribution in [2.24, 2.45) is 0 Å². The van der Waals surface area contributed by atoms with Crippen LogP contribution in [-0.4, -0.2) is 17.1 Å². The number of thioether (sulfide) groups is 1. The van der Waals surface area contributed by atoms with Crippen molar-refractivity contribution in [3.05, 3.63) is 47.5 Å². The van der Waals surface area contributed by atoms with Crippen LogP contribution in [0.1, 0.15) is 9.67 Å². The van der Waals surface area contributed by atoms with Crippen molar-refractivity contribution in [1.82, 2.24) is 4.98 Å². The molecule has 0 unspecified atom stereocenters. The Morgan fingerprint density at radius 3 is 2.71 bits per heavy atom. The third kappa shape index (κ3) is 2.72. The highest BCUT2D eigenvalue weighted by molar-refractivity contribution is 7.98. The van der Waals surface area contributed by atoms with Crippen molar-refractivity contribution >= 4 is 50.6 Å². The second kappa shape index (κ2) is 5.75. The Labute approximate surface area is 130 Å². The number of rotatable bonds is 3. The average Bonchev–Trinajstić information content (AvgIpc) is 2.86. The molecule has 0 aliphatic heterocycles. The van der Waals surface area contributed by atoms with Crippen LogP contribution in [0.3, 0.4) is 0 Å². The Morgan fingerprint density at radius 1 is 1.29 bits per heavy atom. The van der Waals surface area contributed by atoms with E-state index in [0.29, 0.717) is 16.1 Å². The SMILES string of the molecule is CSc1ccc(NC(=O)c2sc3cccnc3c2N)cc1. The highest BCUT2D eigenvalue weighted by Gasteiger charge is 2.17. The van der Waals surface area contributed by atoms with Crippen molar-refractivity contribution in [2.75, 3.05) is 17.3 Å². The Morgan fingerprint density at radius 2 is 2.05 bits per heavy atom. The first-order valence-electron chi connectivity index (χ1n) is 6.27. The summed E-state index contributed by atoms with van der Waals surface area (Å²) in [5, 5.41) is 2.87. The van der Waals surface area contributed by atoms with Crippen LogP contribution in [0.5, 0.6) is 0 Å². The molecule has 0 aliphatic rings. The molecule has 0 bridgehead atoms. The van der Waals surface area contributed by atoms with Gasteiger partial charge < -0.3 is 11.1 Å². The standard InChI is InChI=1S/C15H13N3OS2/c1-20-10-6-4-9(5-7-10)18-15(19)14-12(16)13-11(21-14)3-2-8-17-13/h2-8H,16H2,1H3,(H,18,19). The molecule has 1 amide bonds. The molecule has 0 saturated carbocycles. The smallest absolute Gasteiger partial charge is 0.267 e. The van der Waals surface area contributed by atoms with E-state index in [1.807, 2.05) is 42.7 Å². The molecule has 3 N–H and O–H groups in total. The van der Waals surface area contributed by atoms with E-state index >= 15 is 0 Å². The first kappa shape index (κ1) is 13.9. The summed E-state index contributed by atoms with van der Waals surface area (Å²) >= 11 is 3.01. The van der Waals surface area contributed by atoms with Crippen LogP contribution in [-0.2, 0) is 0 Å². The molecule has 0 radical (unpaired) electrons. The molecule has 2 heterocycles. The van der Waals surface area contributed by atoms with E-state index < -0.39 is 0 Å². The van der Waals surface area contributed by atoms with Crippen molar-refractivity contribution in [3.8, 4) is 0 Å². The minimum atomic E-state index is -0.201. The zero-order valence-electron chi connectivity index (χ0n) is 11.3. The summed E-state index contributed by atoms with van der Waals surface area (Å²) in [6.45, 7) is 0. The normalized spacial score (nSPS) is 10.7. The van der Waals surface area contributed by atoms with Crippen molar-refractivity contribution in [3.63, 3.8) is 0 Å². The predicted molar refractivity (Wildman–Crippen MR) is 90.2 cm³/mol. The number of hydrogen-bond acceptors (Lipinski definition) is 5. The molecule has 0 aliphatic carbocycles. The van der Waals surface area contributed by atoms with Gasteiger partial charge in [-0.25, -0.2) is 0 Å². The fraction of sp³-hybridized carbons (Fsp3) is 0.0667. The second-order valence-corrected chi connectivity index (χ2v) is 6.31. The van der Waals surface area contributed by atoms with Crippen LogP contribution in [0, 0.1) is 0 Å². The number of nitrogens with two attached hydrogens (primary N) is 1. The first-order chi connectivity index (χ1) is 10.2. The number of nitrogens with one attached hydrogen (secondary N) is 1. The second-order valence-electron chi connectivity index (χ2n) is 4.38. The van der Waals surface area contributed by atoms with Gasteiger partial charge in [-0.3, -0.25) is 9.78 Å². The summed E-state index contributed by atoms with van der Waals surface area (Å²) in [7, 11) is 0. The molecule has 21 heavy (non-hydrogen) atoms. The van der Waals surface area contributed by atoms with E-state index in [1.165, 1.54) is 11.3 Å². The number of anilines is 2.